The summed E-state index contributed by atoms with van der Waals surface area (Å²) in [6.07, 6.45) is 2.19. The van der Waals surface area contributed by atoms with Crippen LogP contribution >= 0.6 is 0 Å². The molecule has 656 valence electrons. The first-order valence-corrected chi connectivity index (χ1v) is 44.5. The lowest BCUT2D eigenvalue weighted by Crippen LogP contribution is -2.32. The van der Waals surface area contributed by atoms with Crippen LogP contribution in [0.3, 0.4) is 0 Å². The number of fused-ring (bicyclic) bond motifs is 5. The minimum Gasteiger partial charge on any atom is -0.497 e. The summed E-state index contributed by atoms with van der Waals surface area (Å²) in [5.41, 5.74) is 23.1. The van der Waals surface area contributed by atoms with Crippen molar-refractivity contribution in [3.8, 4) is 114 Å². The van der Waals surface area contributed by atoms with E-state index in [1.165, 1.54) is 54.5 Å². The summed E-state index contributed by atoms with van der Waals surface area (Å²) in [4.78, 5) is 0. The van der Waals surface area contributed by atoms with E-state index in [0.29, 0.717) is 51.5 Å². The van der Waals surface area contributed by atoms with Gasteiger partial charge in [0.1, 0.15) is 92.7 Å². The Balaban J connectivity index is 0.000000153. The van der Waals surface area contributed by atoms with Crippen molar-refractivity contribution in [1.29, 1.82) is 0 Å². The van der Waals surface area contributed by atoms with Gasteiger partial charge in [0.15, 0.2) is 0 Å². The van der Waals surface area contributed by atoms with Crippen molar-refractivity contribution in [1.82, 2.24) is 0 Å². The molecule has 0 aliphatic heterocycles. The molecule has 0 saturated carbocycles. The number of hydrogen-bond donors (Lipinski definition) is 0. The molecule has 5 heterocycles. The van der Waals surface area contributed by atoms with Gasteiger partial charge < -0.3 is 47.4 Å². The van der Waals surface area contributed by atoms with Crippen molar-refractivity contribution >= 4 is 54.5 Å². The van der Waals surface area contributed by atoms with Gasteiger partial charge in [0.25, 0.3) is 0 Å². The average molecular weight is 1700 g/mol. The second kappa shape index (κ2) is 44.2. The Kier molecular flexibility index (Phi) is 33.0. The fraction of sp³-hybridized carbons (Fsp3) is 0.324. The molecule has 10 aromatic carbocycles. The summed E-state index contributed by atoms with van der Waals surface area (Å²) in [5, 5.41) is 6.14. The molecule has 15 aromatic rings. The highest BCUT2D eigenvalue weighted by Crippen LogP contribution is 2.41. The van der Waals surface area contributed by atoms with Crippen LogP contribution in [0.1, 0.15) is 124 Å². The molecule has 0 fully saturated rings. The predicted molar refractivity (Wildman–Crippen MR) is 516 cm³/mol. The number of aromatic nitrogens is 5. The smallest absolute Gasteiger partial charge is 0.213 e. The largest absolute Gasteiger partial charge is 0.497 e. The van der Waals surface area contributed by atoms with Gasteiger partial charge in [-0.15, -0.1) is 0 Å². The molecule has 0 aliphatic rings. The molecule has 0 amide bonds. The van der Waals surface area contributed by atoms with Gasteiger partial charge in [-0.3, -0.25) is 0 Å². The zero-order chi connectivity index (χ0) is 90.4. The minimum absolute atomic E-state index is 0.112. The van der Waals surface area contributed by atoms with Crippen LogP contribution in [-0.4, -0.2) is 66.1 Å². The number of hydrogen-bond acceptors (Lipinski definition) is 10. The minimum atomic E-state index is 0.112. The molecule has 5 aromatic heterocycles. The number of methoxy groups -OCH3 is 2. The SMILES string of the molecule is CCCOc1cc(OCCC)c(C)c(-c2ccc3ccccc3[n+]2C)c1.CCOc1cc(OCC)c(C)c(-c2ccc3ccccc3[n+]2C)c1.COc1cc(OC)c(C)c(-c2ccc3ccccc3[n+]2C)c1.Cc1c(OC(C)C)cc(OC(C)C)cc1-c1ccc2ccccc2[n+]1C.Cc1c(OCC(C)C)cc(OCC(C)C)cc1-c1ccc2ccccc2[n+]1C. The molecule has 126 heavy (non-hydrogen) atoms. The third-order valence-electron chi connectivity index (χ3n) is 22.3. The van der Waals surface area contributed by atoms with Gasteiger partial charge in [-0.05, 0) is 192 Å². The second-order valence-electron chi connectivity index (χ2n) is 33.4. The van der Waals surface area contributed by atoms with E-state index in [4.69, 9.17) is 47.4 Å². The molecule has 0 atom stereocenters. The van der Waals surface area contributed by atoms with E-state index in [-0.39, 0.29) is 12.2 Å². The van der Waals surface area contributed by atoms with Crippen LogP contribution in [0.25, 0.3) is 111 Å². The normalized spacial score (nSPS) is 11.1. The van der Waals surface area contributed by atoms with Crippen molar-refractivity contribution < 1.29 is 70.2 Å². The molecular weight excluding hydrogens is 1560 g/mol. The highest BCUT2D eigenvalue weighted by atomic mass is 16.5. The molecule has 0 N–H and O–H groups in total. The van der Waals surface area contributed by atoms with Crippen LogP contribution in [0.5, 0.6) is 57.5 Å². The number of para-hydroxylation sites is 5. The molecular formula is C111H132N5O10+5. The van der Waals surface area contributed by atoms with E-state index >= 15 is 0 Å². The molecule has 0 bridgehead atoms. The van der Waals surface area contributed by atoms with Crippen molar-refractivity contribution in [2.24, 2.45) is 47.1 Å². The maximum atomic E-state index is 6.15. The Labute approximate surface area is 748 Å². The summed E-state index contributed by atoms with van der Waals surface area (Å²) in [5.74, 6) is 9.55. The van der Waals surface area contributed by atoms with Gasteiger partial charge in [-0.25, -0.2) is 0 Å². The molecule has 0 saturated heterocycles. The maximum Gasteiger partial charge on any atom is 0.213 e. The van der Waals surface area contributed by atoms with E-state index in [1.807, 2.05) is 71.9 Å². The number of ether oxygens (including phenoxy) is 10. The van der Waals surface area contributed by atoms with Crippen LogP contribution in [-0.2, 0) is 35.2 Å². The lowest BCUT2D eigenvalue weighted by atomic mass is 10.0. The fourth-order valence-electron chi connectivity index (χ4n) is 15.7. The zero-order valence-electron chi connectivity index (χ0n) is 78.9. The number of pyridine rings is 5. The molecule has 15 rings (SSSR count). The van der Waals surface area contributed by atoms with Crippen LogP contribution in [0.4, 0.5) is 0 Å². The third-order valence-corrected chi connectivity index (χ3v) is 22.3. The molecule has 0 aliphatic carbocycles. The van der Waals surface area contributed by atoms with Crippen LogP contribution < -0.4 is 70.2 Å². The Hall–Kier alpha value is -12.8. The number of nitrogens with zero attached hydrogens (tertiary/aromatic N) is 5. The third kappa shape index (κ3) is 22.9. The van der Waals surface area contributed by atoms with Crippen molar-refractivity contribution in [2.75, 3.05) is 53.9 Å². The lowest BCUT2D eigenvalue weighted by Gasteiger charge is -2.18. The van der Waals surface area contributed by atoms with Crippen molar-refractivity contribution in [3.63, 3.8) is 0 Å². The molecule has 0 radical (unpaired) electrons. The van der Waals surface area contributed by atoms with Crippen molar-refractivity contribution in [3.05, 3.63) is 270 Å². The predicted octanol–water partition coefficient (Wildman–Crippen LogP) is 24.2. The standard InChI is InChI=1S/C25H32NO2.2C23H28NO2.C21H24NO2.C19H20NO2/c1-17(2)15-27-21-13-22(19(5)25(14-21)28-16-18(3)4)24-12-11-20-9-7-8-10-23(20)26(24)6;1-15(2)25-19-13-20(17(5)23(14-19)26-16(3)4)22-12-11-18-9-7-8-10-21(18)24(22)6;1-5-13-25-19-15-20(17(3)23(16-19)26-14-6-2)22-12-11-18-9-7-8-10-21(18)24(22)4;1-5-23-17-13-18(15(3)21(14-17)24-6-2)20-12-11-16-9-7-8-10-19(16)22(20)4;1-13-16(11-15(21-3)12-19(13)22-4)18-10-9-14-7-5-6-8-17(14)20(18)2/h7-14,17-18H,15-16H2,1-6H3;7-16H,1-6H3;7-12,15-16H,5-6,13-14H2,1-4H3;7-14H,5-6H2,1-4H3;5-12H,1-4H3/q5*+1. The lowest BCUT2D eigenvalue weighted by molar-refractivity contribution is -0.633. The summed E-state index contributed by atoms with van der Waals surface area (Å²) in [6.45, 7) is 39.7. The fourth-order valence-corrected chi connectivity index (χ4v) is 15.7. The van der Waals surface area contributed by atoms with E-state index in [2.05, 4.69) is 347 Å². The van der Waals surface area contributed by atoms with Gasteiger partial charge >= 0.3 is 0 Å². The van der Waals surface area contributed by atoms with E-state index in [9.17, 15) is 0 Å². The van der Waals surface area contributed by atoms with Crippen LogP contribution in [0, 0.1) is 46.5 Å². The number of benzene rings is 10. The quantitative estimate of drug-likeness (QED) is 0.0461. The molecule has 0 unspecified atom stereocenters. The average Bonchev–Trinajstić information content (AvgIpc) is 1.03. The highest BCUT2D eigenvalue weighted by molar-refractivity contribution is 5.83. The highest BCUT2D eigenvalue weighted by Gasteiger charge is 2.27. The van der Waals surface area contributed by atoms with Gasteiger partial charge in [0.2, 0.25) is 56.1 Å². The Morgan fingerprint density at radius 3 is 0.865 bits per heavy atom. The summed E-state index contributed by atoms with van der Waals surface area (Å²) >= 11 is 0. The van der Waals surface area contributed by atoms with E-state index in [0.717, 1.165) is 154 Å². The second-order valence-corrected chi connectivity index (χ2v) is 33.4. The first-order valence-electron chi connectivity index (χ1n) is 44.5. The summed E-state index contributed by atoms with van der Waals surface area (Å²) in [6, 6.07) is 84.3. The first-order chi connectivity index (χ1) is 60.7. The van der Waals surface area contributed by atoms with Crippen LogP contribution in [0.15, 0.2) is 243 Å². The first kappa shape index (κ1) is 93.9. The molecule has 15 heteroatoms. The van der Waals surface area contributed by atoms with Crippen molar-refractivity contribution in [2.45, 2.75) is 143 Å². The monoisotopic (exact) mass is 1690 g/mol. The topological polar surface area (TPSA) is 112 Å². The summed E-state index contributed by atoms with van der Waals surface area (Å²) in [7, 11) is 13.9. The van der Waals surface area contributed by atoms with Crippen LogP contribution in [0.2, 0.25) is 0 Å². The van der Waals surface area contributed by atoms with Gasteiger partial charge in [-0.1, -0.05) is 102 Å². The maximum absolute atomic E-state index is 6.15. The van der Waals surface area contributed by atoms with E-state index < -0.39 is 0 Å². The van der Waals surface area contributed by atoms with Gasteiger partial charge in [0, 0.05) is 146 Å². The molecule has 15 nitrogen and oxygen atoms in total. The Morgan fingerprint density at radius 1 is 0.254 bits per heavy atom. The Bertz CT molecular complexity index is 6250. The molecule has 0 spiro atoms. The number of rotatable bonds is 27. The number of aryl methyl sites for hydroxylation is 5. The Morgan fingerprint density at radius 2 is 0.532 bits per heavy atom. The van der Waals surface area contributed by atoms with E-state index in [1.54, 1.807) is 14.2 Å². The summed E-state index contributed by atoms with van der Waals surface area (Å²) < 4.78 is 69.8. The van der Waals surface area contributed by atoms with Gasteiger partial charge in [0.05, 0.1) is 93.9 Å². The zero-order valence-corrected chi connectivity index (χ0v) is 78.9. The van der Waals surface area contributed by atoms with Gasteiger partial charge in [-0.2, -0.15) is 22.8 Å².